The van der Waals surface area contributed by atoms with Crippen LogP contribution in [0.25, 0.3) is 11.1 Å². The molecule has 1 heterocycles. The Bertz CT molecular complexity index is 425. The molecule has 1 aromatic carbocycles. The Hall–Kier alpha value is -1.87. The fraction of sp³-hybridized carbons (Fsp3) is 0.154. The second kappa shape index (κ2) is 5.28. The van der Waals surface area contributed by atoms with E-state index in [1.807, 2.05) is 36.4 Å². The lowest BCUT2D eigenvalue weighted by molar-refractivity contribution is 0.201. The highest BCUT2D eigenvalue weighted by Crippen LogP contribution is 2.21. The summed E-state index contributed by atoms with van der Waals surface area (Å²) in [5, 5.41) is 8.63. The quantitative estimate of drug-likeness (QED) is 0.849. The molecule has 0 spiro atoms. The molecule has 0 unspecified atom stereocenters. The minimum absolute atomic E-state index is 0.0338. The summed E-state index contributed by atoms with van der Waals surface area (Å²) < 4.78 is 5.28. The van der Waals surface area contributed by atoms with Gasteiger partial charge in [-0.3, -0.25) is 4.98 Å². The largest absolute Gasteiger partial charge is 0.491 e. The molecule has 0 fully saturated rings. The molecule has 2 aromatic rings. The van der Waals surface area contributed by atoms with Gasteiger partial charge < -0.3 is 9.84 Å². The Morgan fingerprint density at radius 3 is 2.19 bits per heavy atom. The van der Waals surface area contributed by atoms with Crippen LogP contribution in [0.4, 0.5) is 0 Å². The molecule has 2 rings (SSSR count). The molecule has 3 nitrogen and oxygen atoms in total. The zero-order valence-electron chi connectivity index (χ0n) is 8.84. The normalized spacial score (nSPS) is 10.1. The number of hydrogen-bond acceptors (Lipinski definition) is 3. The SMILES string of the molecule is OCCOc1ccc(-c2ccncc2)cc1. The number of aromatic nitrogens is 1. The third-order valence-electron chi connectivity index (χ3n) is 2.23. The molecule has 0 aliphatic heterocycles. The molecule has 3 heteroatoms. The summed E-state index contributed by atoms with van der Waals surface area (Å²) in [5.41, 5.74) is 2.25. The number of rotatable bonds is 4. The fourth-order valence-corrected chi connectivity index (χ4v) is 1.45. The standard InChI is InChI=1S/C13H13NO2/c15-9-10-16-13-3-1-11(2-4-13)12-5-7-14-8-6-12/h1-8,15H,9-10H2. The lowest BCUT2D eigenvalue weighted by atomic mass is 10.1. The zero-order chi connectivity index (χ0) is 11.2. The van der Waals surface area contributed by atoms with E-state index in [1.165, 1.54) is 0 Å². The molecule has 0 aliphatic carbocycles. The Labute approximate surface area is 94.3 Å². The first-order chi connectivity index (χ1) is 7.90. The van der Waals surface area contributed by atoms with Crippen molar-refractivity contribution in [3.05, 3.63) is 48.8 Å². The van der Waals surface area contributed by atoms with Gasteiger partial charge in [-0.05, 0) is 35.4 Å². The summed E-state index contributed by atoms with van der Waals surface area (Å²) in [6, 6.07) is 11.7. The Morgan fingerprint density at radius 2 is 1.56 bits per heavy atom. The zero-order valence-corrected chi connectivity index (χ0v) is 8.84. The van der Waals surface area contributed by atoms with E-state index in [0.717, 1.165) is 16.9 Å². The van der Waals surface area contributed by atoms with Gasteiger partial charge in [-0.15, -0.1) is 0 Å². The van der Waals surface area contributed by atoms with E-state index >= 15 is 0 Å². The molecule has 0 saturated carbocycles. The third-order valence-corrected chi connectivity index (χ3v) is 2.23. The minimum atomic E-state index is 0.0338. The highest BCUT2D eigenvalue weighted by atomic mass is 16.5. The maximum absolute atomic E-state index is 8.63. The first-order valence-corrected chi connectivity index (χ1v) is 5.14. The van der Waals surface area contributed by atoms with E-state index in [0.29, 0.717) is 6.61 Å². The average molecular weight is 215 g/mol. The number of aliphatic hydroxyl groups excluding tert-OH is 1. The molecule has 0 atom stereocenters. The molecular weight excluding hydrogens is 202 g/mol. The predicted molar refractivity (Wildman–Crippen MR) is 62.3 cm³/mol. The Balaban J connectivity index is 2.13. The smallest absolute Gasteiger partial charge is 0.119 e. The first kappa shape index (κ1) is 10.6. The van der Waals surface area contributed by atoms with Crippen LogP contribution in [0.1, 0.15) is 0 Å². The lowest BCUT2D eigenvalue weighted by Gasteiger charge is -2.05. The van der Waals surface area contributed by atoms with Crippen LogP contribution in [0.2, 0.25) is 0 Å². The Morgan fingerprint density at radius 1 is 0.938 bits per heavy atom. The molecule has 1 aromatic heterocycles. The second-order valence-electron chi connectivity index (χ2n) is 3.33. The van der Waals surface area contributed by atoms with Gasteiger partial charge in [0.15, 0.2) is 0 Å². The maximum Gasteiger partial charge on any atom is 0.119 e. The van der Waals surface area contributed by atoms with Crippen molar-refractivity contribution in [2.24, 2.45) is 0 Å². The maximum atomic E-state index is 8.63. The minimum Gasteiger partial charge on any atom is -0.491 e. The van der Waals surface area contributed by atoms with Crippen LogP contribution >= 0.6 is 0 Å². The first-order valence-electron chi connectivity index (χ1n) is 5.14. The van der Waals surface area contributed by atoms with Gasteiger partial charge in [0.25, 0.3) is 0 Å². The van der Waals surface area contributed by atoms with Gasteiger partial charge in [-0.25, -0.2) is 0 Å². The number of benzene rings is 1. The molecular formula is C13H13NO2. The molecule has 0 radical (unpaired) electrons. The molecule has 0 saturated heterocycles. The van der Waals surface area contributed by atoms with E-state index in [-0.39, 0.29) is 6.61 Å². The summed E-state index contributed by atoms with van der Waals surface area (Å²) in [4.78, 5) is 3.98. The van der Waals surface area contributed by atoms with E-state index < -0.39 is 0 Å². The topological polar surface area (TPSA) is 42.4 Å². The molecule has 16 heavy (non-hydrogen) atoms. The number of hydrogen-bond donors (Lipinski definition) is 1. The van der Waals surface area contributed by atoms with Crippen LogP contribution in [-0.2, 0) is 0 Å². The van der Waals surface area contributed by atoms with Crippen molar-refractivity contribution in [2.75, 3.05) is 13.2 Å². The van der Waals surface area contributed by atoms with E-state index in [2.05, 4.69) is 4.98 Å². The highest BCUT2D eigenvalue weighted by molar-refractivity contribution is 5.63. The van der Waals surface area contributed by atoms with Gasteiger partial charge in [-0.2, -0.15) is 0 Å². The second-order valence-corrected chi connectivity index (χ2v) is 3.33. The molecule has 0 bridgehead atoms. The van der Waals surface area contributed by atoms with Crippen molar-refractivity contribution in [3.63, 3.8) is 0 Å². The summed E-state index contributed by atoms with van der Waals surface area (Å²) >= 11 is 0. The molecule has 0 amide bonds. The van der Waals surface area contributed by atoms with Crippen LogP contribution in [0.5, 0.6) is 5.75 Å². The van der Waals surface area contributed by atoms with Crippen LogP contribution < -0.4 is 4.74 Å². The van der Waals surface area contributed by atoms with Crippen molar-refractivity contribution in [1.29, 1.82) is 0 Å². The van der Waals surface area contributed by atoms with E-state index in [4.69, 9.17) is 9.84 Å². The fourth-order valence-electron chi connectivity index (χ4n) is 1.45. The predicted octanol–water partition coefficient (Wildman–Crippen LogP) is 2.12. The lowest BCUT2D eigenvalue weighted by Crippen LogP contribution is -2.01. The number of ether oxygens (including phenoxy) is 1. The summed E-state index contributed by atoms with van der Waals surface area (Å²) in [7, 11) is 0. The van der Waals surface area contributed by atoms with Gasteiger partial charge in [-0.1, -0.05) is 12.1 Å². The van der Waals surface area contributed by atoms with Gasteiger partial charge in [0.05, 0.1) is 6.61 Å². The number of nitrogens with zero attached hydrogens (tertiary/aromatic N) is 1. The van der Waals surface area contributed by atoms with Crippen molar-refractivity contribution >= 4 is 0 Å². The highest BCUT2D eigenvalue weighted by Gasteiger charge is 1.97. The van der Waals surface area contributed by atoms with Crippen molar-refractivity contribution in [3.8, 4) is 16.9 Å². The van der Waals surface area contributed by atoms with Gasteiger partial charge in [0.1, 0.15) is 12.4 Å². The monoisotopic (exact) mass is 215 g/mol. The van der Waals surface area contributed by atoms with E-state index in [1.54, 1.807) is 12.4 Å². The summed E-state index contributed by atoms with van der Waals surface area (Å²) in [6.45, 7) is 0.362. The van der Waals surface area contributed by atoms with Crippen molar-refractivity contribution < 1.29 is 9.84 Å². The van der Waals surface area contributed by atoms with Crippen molar-refractivity contribution in [1.82, 2.24) is 4.98 Å². The van der Waals surface area contributed by atoms with Crippen LogP contribution in [-0.4, -0.2) is 23.3 Å². The molecule has 0 aliphatic rings. The van der Waals surface area contributed by atoms with Crippen LogP contribution in [0.3, 0.4) is 0 Å². The summed E-state index contributed by atoms with van der Waals surface area (Å²) in [6.07, 6.45) is 3.54. The number of pyridine rings is 1. The van der Waals surface area contributed by atoms with Crippen LogP contribution in [0, 0.1) is 0 Å². The van der Waals surface area contributed by atoms with E-state index in [9.17, 15) is 0 Å². The van der Waals surface area contributed by atoms with Gasteiger partial charge in [0.2, 0.25) is 0 Å². The van der Waals surface area contributed by atoms with Gasteiger partial charge >= 0.3 is 0 Å². The molecule has 82 valence electrons. The summed E-state index contributed by atoms with van der Waals surface area (Å²) in [5.74, 6) is 0.770. The van der Waals surface area contributed by atoms with Crippen molar-refractivity contribution in [2.45, 2.75) is 0 Å². The van der Waals surface area contributed by atoms with Gasteiger partial charge in [0, 0.05) is 12.4 Å². The Kier molecular flexibility index (Phi) is 3.51. The number of aliphatic hydroxyl groups is 1. The van der Waals surface area contributed by atoms with Crippen LogP contribution in [0.15, 0.2) is 48.8 Å². The average Bonchev–Trinajstić information content (AvgIpc) is 2.38. The molecule has 1 N–H and O–H groups in total. The third kappa shape index (κ3) is 2.58.